The Morgan fingerprint density at radius 3 is 2.63 bits per heavy atom. The Balaban J connectivity index is 2.06. The molecule has 0 spiro atoms. The molecule has 1 fully saturated rings. The van der Waals surface area contributed by atoms with Crippen LogP contribution in [-0.2, 0) is 15.1 Å². The molecule has 0 aliphatic heterocycles. The van der Waals surface area contributed by atoms with E-state index in [-0.39, 0.29) is 11.9 Å². The van der Waals surface area contributed by atoms with Crippen molar-refractivity contribution < 1.29 is 14.6 Å². The van der Waals surface area contributed by atoms with Gasteiger partial charge in [0.15, 0.2) is 0 Å². The van der Waals surface area contributed by atoms with Gasteiger partial charge < -0.3 is 9.84 Å². The minimum atomic E-state index is -0.915. The molecule has 1 N–H and O–H groups in total. The lowest BCUT2D eigenvalue weighted by Gasteiger charge is -2.36. The zero-order valence-corrected chi connectivity index (χ0v) is 11.8. The molecule has 19 heavy (non-hydrogen) atoms. The Morgan fingerprint density at radius 1 is 1.42 bits per heavy atom. The summed E-state index contributed by atoms with van der Waals surface area (Å²) in [5.74, 6) is -0.244. The molecule has 2 rings (SSSR count). The van der Waals surface area contributed by atoms with E-state index in [2.05, 4.69) is 0 Å². The highest BCUT2D eigenvalue weighted by atomic mass is 35.5. The van der Waals surface area contributed by atoms with Gasteiger partial charge >= 0.3 is 5.97 Å². The third-order valence-electron chi connectivity index (χ3n) is 3.81. The maximum absolute atomic E-state index is 11.7. The predicted molar refractivity (Wildman–Crippen MR) is 73.9 cm³/mol. The number of carbonyl (C=O) groups excluding carboxylic acids is 1. The predicted octanol–water partition coefficient (Wildman–Crippen LogP) is 3.28. The smallest absolute Gasteiger partial charge is 0.308 e. The average molecular weight is 283 g/mol. The van der Waals surface area contributed by atoms with E-state index in [1.807, 2.05) is 18.2 Å². The minimum absolute atomic E-state index is 0.0947. The van der Waals surface area contributed by atoms with Gasteiger partial charge in [-0.05, 0) is 38.7 Å². The Labute approximate surface area is 118 Å². The van der Waals surface area contributed by atoms with Crippen molar-refractivity contribution >= 4 is 17.6 Å². The molecule has 0 atom stereocenters. The summed E-state index contributed by atoms with van der Waals surface area (Å²) in [4.78, 5) is 11.7. The molecule has 0 unspecified atom stereocenters. The first-order valence-corrected chi connectivity index (χ1v) is 7.08. The van der Waals surface area contributed by atoms with Crippen LogP contribution in [0.15, 0.2) is 24.3 Å². The normalized spacial score (nSPS) is 27.0. The van der Waals surface area contributed by atoms with Crippen LogP contribution in [0.3, 0.4) is 0 Å². The SMILES string of the molecule is CCOC(=O)C1CCC(O)(c2ccccc2Cl)CC1. The van der Waals surface area contributed by atoms with Crippen LogP contribution >= 0.6 is 11.6 Å². The molecule has 4 heteroatoms. The second-order valence-corrected chi connectivity index (χ2v) is 5.44. The lowest BCUT2D eigenvalue weighted by atomic mass is 9.75. The van der Waals surface area contributed by atoms with E-state index in [0.717, 1.165) is 5.56 Å². The van der Waals surface area contributed by atoms with Gasteiger partial charge in [-0.25, -0.2) is 0 Å². The summed E-state index contributed by atoms with van der Waals surface area (Å²) in [6.45, 7) is 2.21. The van der Waals surface area contributed by atoms with Crippen LogP contribution in [0.1, 0.15) is 38.2 Å². The third-order valence-corrected chi connectivity index (χ3v) is 4.14. The van der Waals surface area contributed by atoms with Crippen LogP contribution in [0.4, 0.5) is 0 Å². The van der Waals surface area contributed by atoms with E-state index in [0.29, 0.717) is 37.3 Å². The molecule has 1 aromatic carbocycles. The standard InChI is InChI=1S/C15H19ClO3/c1-2-19-14(17)11-7-9-15(18,10-8-11)12-5-3-4-6-13(12)16/h3-6,11,18H,2,7-10H2,1H3. The first kappa shape index (κ1) is 14.4. The van der Waals surface area contributed by atoms with Gasteiger partial charge in [-0.15, -0.1) is 0 Å². The van der Waals surface area contributed by atoms with E-state index in [4.69, 9.17) is 16.3 Å². The fraction of sp³-hybridized carbons (Fsp3) is 0.533. The van der Waals surface area contributed by atoms with Gasteiger partial charge in [0.1, 0.15) is 0 Å². The van der Waals surface area contributed by atoms with Crippen molar-refractivity contribution in [1.29, 1.82) is 0 Å². The molecule has 1 aliphatic carbocycles. The van der Waals surface area contributed by atoms with Crippen molar-refractivity contribution in [1.82, 2.24) is 0 Å². The van der Waals surface area contributed by atoms with Gasteiger partial charge in [-0.3, -0.25) is 4.79 Å². The maximum atomic E-state index is 11.7. The highest BCUT2D eigenvalue weighted by molar-refractivity contribution is 6.31. The lowest BCUT2D eigenvalue weighted by Crippen LogP contribution is -2.34. The number of aliphatic hydroxyl groups is 1. The van der Waals surface area contributed by atoms with Crippen LogP contribution < -0.4 is 0 Å². The fourth-order valence-electron chi connectivity index (χ4n) is 2.70. The molecule has 0 radical (unpaired) electrons. The van der Waals surface area contributed by atoms with Crippen molar-refractivity contribution in [2.24, 2.45) is 5.92 Å². The summed E-state index contributed by atoms with van der Waals surface area (Å²) in [5.41, 5.74) is -0.152. The van der Waals surface area contributed by atoms with Crippen LogP contribution in [0.2, 0.25) is 5.02 Å². The van der Waals surface area contributed by atoms with Crippen LogP contribution in [-0.4, -0.2) is 17.7 Å². The second kappa shape index (κ2) is 5.93. The Kier molecular flexibility index (Phi) is 4.48. The molecular weight excluding hydrogens is 264 g/mol. The second-order valence-electron chi connectivity index (χ2n) is 5.04. The zero-order valence-electron chi connectivity index (χ0n) is 11.1. The quantitative estimate of drug-likeness (QED) is 0.866. The molecule has 104 valence electrons. The summed E-state index contributed by atoms with van der Waals surface area (Å²) in [6.07, 6.45) is 2.36. The lowest BCUT2D eigenvalue weighted by molar-refractivity contribution is -0.151. The summed E-state index contributed by atoms with van der Waals surface area (Å²) in [7, 11) is 0. The summed E-state index contributed by atoms with van der Waals surface area (Å²) in [6, 6.07) is 7.36. The molecule has 0 saturated heterocycles. The number of rotatable bonds is 3. The van der Waals surface area contributed by atoms with E-state index in [9.17, 15) is 9.90 Å². The highest BCUT2D eigenvalue weighted by Gasteiger charge is 2.38. The van der Waals surface area contributed by atoms with Crippen LogP contribution in [0.5, 0.6) is 0 Å². The number of carbonyl (C=O) groups is 1. The molecule has 1 saturated carbocycles. The number of halogens is 1. The highest BCUT2D eigenvalue weighted by Crippen LogP contribution is 2.42. The molecule has 0 aromatic heterocycles. The number of hydrogen-bond donors (Lipinski definition) is 1. The van der Waals surface area contributed by atoms with Gasteiger partial charge in [0.2, 0.25) is 0 Å². The van der Waals surface area contributed by atoms with E-state index in [1.54, 1.807) is 13.0 Å². The topological polar surface area (TPSA) is 46.5 Å². The van der Waals surface area contributed by atoms with Gasteiger partial charge in [0.25, 0.3) is 0 Å². The van der Waals surface area contributed by atoms with E-state index in [1.165, 1.54) is 0 Å². The maximum Gasteiger partial charge on any atom is 0.308 e. The molecular formula is C15H19ClO3. The zero-order chi connectivity index (χ0) is 13.9. The first-order chi connectivity index (χ1) is 9.07. The van der Waals surface area contributed by atoms with E-state index >= 15 is 0 Å². The van der Waals surface area contributed by atoms with Crippen molar-refractivity contribution in [3.63, 3.8) is 0 Å². The average Bonchev–Trinajstić information content (AvgIpc) is 2.40. The molecule has 0 heterocycles. The first-order valence-electron chi connectivity index (χ1n) is 6.71. The van der Waals surface area contributed by atoms with Gasteiger partial charge in [0, 0.05) is 10.6 Å². The number of hydrogen-bond acceptors (Lipinski definition) is 3. The van der Waals surface area contributed by atoms with Gasteiger partial charge in [-0.1, -0.05) is 29.8 Å². The Morgan fingerprint density at radius 2 is 2.05 bits per heavy atom. The van der Waals surface area contributed by atoms with Crippen molar-refractivity contribution in [2.75, 3.05) is 6.61 Å². The van der Waals surface area contributed by atoms with Crippen molar-refractivity contribution in [2.45, 2.75) is 38.2 Å². The van der Waals surface area contributed by atoms with Crippen LogP contribution in [0, 0.1) is 5.92 Å². The number of ether oxygens (including phenoxy) is 1. The summed E-state index contributed by atoms with van der Waals surface area (Å²) >= 11 is 6.14. The Hall–Kier alpha value is -1.06. The minimum Gasteiger partial charge on any atom is -0.466 e. The fourth-order valence-corrected chi connectivity index (χ4v) is 3.01. The van der Waals surface area contributed by atoms with E-state index < -0.39 is 5.60 Å². The monoisotopic (exact) mass is 282 g/mol. The van der Waals surface area contributed by atoms with Crippen molar-refractivity contribution in [3.8, 4) is 0 Å². The summed E-state index contributed by atoms with van der Waals surface area (Å²) in [5, 5.41) is 11.3. The molecule has 1 aliphatic rings. The largest absolute Gasteiger partial charge is 0.466 e. The Bertz CT molecular complexity index is 450. The number of benzene rings is 1. The van der Waals surface area contributed by atoms with Gasteiger partial charge in [0.05, 0.1) is 18.1 Å². The molecule has 0 amide bonds. The molecule has 3 nitrogen and oxygen atoms in total. The molecule has 0 bridgehead atoms. The summed E-state index contributed by atoms with van der Waals surface area (Å²) < 4.78 is 5.03. The van der Waals surface area contributed by atoms with Crippen LogP contribution in [0.25, 0.3) is 0 Å². The number of esters is 1. The van der Waals surface area contributed by atoms with Gasteiger partial charge in [-0.2, -0.15) is 0 Å². The third kappa shape index (κ3) is 3.10. The van der Waals surface area contributed by atoms with Crippen molar-refractivity contribution in [3.05, 3.63) is 34.9 Å². The molecule has 1 aromatic rings.